The minimum absolute atomic E-state index is 0.290. The third kappa shape index (κ3) is 2.80. The van der Waals surface area contributed by atoms with Crippen LogP contribution < -0.4 is 0 Å². The highest BCUT2D eigenvalue weighted by molar-refractivity contribution is 4.88. The maximum atomic E-state index is 9.65. The molecule has 1 N–H and O–H groups in total. The second-order valence-electron chi connectivity index (χ2n) is 3.86. The first kappa shape index (κ1) is 11.2. The predicted molar refractivity (Wildman–Crippen MR) is 55.0 cm³/mol. The molecule has 4 nitrogen and oxygen atoms in total. The van der Waals surface area contributed by atoms with Gasteiger partial charge in [-0.25, -0.2) is 9.67 Å². The zero-order chi connectivity index (χ0) is 10.6. The van der Waals surface area contributed by atoms with E-state index >= 15 is 0 Å². The van der Waals surface area contributed by atoms with E-state index in [0.717, 1.165) is 18.7 Å². The van der Waals surface area contributed by atoms with Crippen LogP contribution in [0.2, 0.25) is 0 Å². The van der Waals surface area contributed by atoms with E-state index in [-0.39, 0.29) is 6.10 Å². The lowest BCUT2D eigenvalue weighted by Gasteiger charge is -2.12. The van der Waals surface area contributed by atoms with Gasteiger partial charge in [0.25, 0.3) is 0 Å². The van der Waals surface area contributed by atoms with Crippen LogP contribution in [-0.2, 0) is 6.42 Å². The van der Waals surface area contributed by atoms with E-state index in [1.165, 1.54) is 0 Å². The summed E-state index contributed by atoms with van der Waals surface area (Å²) in [5, 5.41) is 13.8. The van der Waals surface area contributed by atoms with E-state index in [1.807, 2.05) is 4.68 Å². The number of rotatable bonds is 5. The van der Waals surface area contributed by atoms with E-state index in [9.17, 15) is 5.11 Å². The Bertz CT molecular complexity index is 270. The summed E-state index contributed by atoms with van der Waals surface area (Å²) in [6.45, 7) is 6.19. The Hall–Kier alpha value is -0.900. The lowest BCUT2D eigenvalue weighted by Crippen LogP contribution is -2.16. The molecule has 1 aromatic rings. The summed E-state index contributed by atoms with van der Waals surface area (Å²) in [5.74, 6) is 0.876. The average Bonchev–Trinajstić information content (AvgIpc) is 2.52. The molecule has 0 aliphatic heterocycles. The molecule has 14 heavy (non-hydrogen) atoms. The molecular formula is C10H19N3O. The van der Waals surface area contributed by atoms with Gasteiger partial charge in [-0.15, -0.1) is 0 Å². The minimum atomic E-state index is -0.290. The summed E-state index contributed by atoms with van der Waals surface area (Å²) in [4.78, 5) is 4.15. The Morgan fingerprint density at radius 2 is 2.21 bits per heavy atom. The summed E-state index contributed by atoms with van der Waals surface area (Å²) in [6.07, 6.45) is 3.68. The van der Waals surface area contributed by atoms with Gasteiger partial charge >= 0.3 is 0 Å². The molecule has 1 atom stereocenters. The van der Waals surface area contributed by atoms with Gasteiger partial charge in [-0.05, 0) is 20.3 Å². The van der Waals surface area contributed by atoms with Gasteiger partial charge in [0.2, 0.25) is 0 Å². The Labute approximate surface area is 85.0 Å². The first-order valence-electron chi connectivity index (χ1n) is 5.21. The molecule has 0 radical (unpaired) electrons. The first-order chi connectivity index (χ1) is 6.65. The SMILES string of the molecule is CCCC(O)Cc1ncnn1C(C)C. The lowest BCUT2D eigenvalue weighted by molar-refractivity contribution is 0.159. The van der Waals surface area contributed by atoms with Crippen molar-refractivity contribution in [1.29, 1.82) is 0 Å². The topological polar surface area (TPSA) is 50.9 Å². The molecule has 4 heteroatoms. The van der Waals surface area contributed by atoms with Crippen molar-refractivity contribution in [2.24, 2.45) is 0 Å². The van der Waals surface area contributed by atoms with Crippen molar-refractivity contribution >= 4 is 0 Å². The summed E-state index contributed by atoms with van der Waals surface area (Å²) in [7, 11) is 0. The van der Waals surface area contributed by atoms with Crippen molar-refractivity contribution < 1.29 is 5.11 Å². The molecule has 0 bridgehead atoms. The third-order valence-electron chi connectivity index (χ3n) is 2.18. The van der Waals surface area contributed by atoms with E-state index < -0.39 is 0 Å². The lowest BCUT2D eigenvalue weighted by atomic mass is 10.1. The highest BCUT2D eigenvalue weighted by Crippen LogP contribution is 2.09. The van der Waals surface area contributed by atoms with Crippen LogP contribution in [0.15, 0.2) is 6.33 Å². The molecule has 1 aromatic heterocycles. The van der Waals surface area contributed by atoms with E-state index in [1.54, 1.807) is 6.33 Å². The van der Waals surface area contributed by atoms with Crippen LogP contribution in [0.25, 0.3) is 0 Å². The second-order valence-corrected chi connectivity index (χ2v) is 3.86. The van der Waals surface area contributed by atoms with Crippen LogP contribution in [0.4, 0.5) is 0 Å². The van der Waals surface area contributed by atoms with Crippen LogP contribution >= 0.6 is 0 Å². The number of hydrogen-bond donors (Lipinski definition) is 1. The fraction of sp³-hybridized carbons (Fsp3) is 0.800. The Morgan fingerprint density at radius 3 is 2.79 bits per heavy atom. The zero-order valence-corrected chi connectivity index (χ0v) is 9.14. The van der Waals surface area contributed by atoms with Crippen LogP contribution in [-0.4, -0.2) is 26.0 Å². The van der Waals surface area contributed by atoms with E-state index in [4.69, 9.17) is 0 Å². The van der Waals surface area contributed by atoms with Crippen LogP contribution in [0.3, 0.4) is 0 Å². The molecule has 1 heterocycles. The van der Waals surface area contributed by atoms with Crippen molar-refractivity contribution in [2.45, 2.75) is 52.2 Å². The molecule has 0 saturated carbocycles. The van der Waals surface area contributed by atoms with Crippen molar-refractivity contribution in [3.63, 3.8) is 0 Å². The number of aliphatic hydroxyl groups excluding tert-OH is 1. The fourth-order valence-electron chi connectivity index (χ4n) is 1.50. The average molecular weight is 197 g/mol. The van der Waals surface area contributed by atoms with E-state index in [0.29, 0.717) is 12.5 Å². The molecule has 0 amide bonds. The number of aromatic nitrogens is 3. The molecule has 1 rings (SSSR count). The maximum Gasteiger partial charge on any atom is 0.138 e. The number of nitrogens with zero attached hydrogens (tertiary/aromatic N) is 3. The van der Waals surface area contributed by atoms with Crippen LogP contribution in [0.5, 0.6) is 0 Å². The second kappa shape index (κ2) is 5.10. The summed E-state index contributed by atoms with van der Waals surface area (Å²) >= 11 is 0. The fourth-order valence-corrected chi connectivity index (χ4v) is 1.50. The molecule has 0 fully saturated rings. The summed E-state index contributed by atoms with van der Waals surface area (Å²) in [5.41, 5.74) is 0. The first-order valence-corrected chi connectivity index (χ1v) is 5.21. The quantitative estimate of drug-likeness (QED) is 0.779. The van der Waals surface area contributed by atoms with Gasteiger partial charge in [-0.3, -0.25) is 0 Å². The van der Waals surface area contributed by atoms with Gasteiger partial charge in [-0.2, -0.15) is 5.10 Å². The van der Waals surface area contributed by atoms with Gasteiger partial charge in [0.15, 0.2) is 0 Å². The zero-order valence-electron chi connectivity index (χ0n) is 9.14. The molecule has 0 saturated heterocycles. The molecule has 0 aliphatic rings. The smallest absolute Gasteiger partial charge is 0.138 e. The number of hydrogen-bond acceptors (Lipinski definition) is 3. The van der Waals surface area contributed by atoms with Gasteiger partial charge in [0.1, 0.15) is 12.2 Å². The van der Waals surface area contributed by atoms with Crippen molar-refractivity contribution in [2.75, 3.05) is 0 Å². The van der Waals surface area contributed by atoms with Gasteiger partial charge < -0.3 is 5.11 Å². The molecule has 80 valence electrons. The van der Waals surface area contributed by atoms with E-state index in [2.05, 4.69) is 30.9 Å². The van der Waals surface area contributed by atoms with Crippen molar-refractivity contribution in [1.82, 2.24) is 14.8 Å². The highest BCUT2D eigenvalue weighted by Gasteiger charge is 2.11. The molecule has 0 aromatic carbocycles. The maximum absolute atomic E-state index is 9.65. The normalized spacial score (nSPS) is 13.5. The van der Waals surface area contributed by atoms with Crippen molar-refractivity contribution in [3.8, 4) is 0 Å². The highest BCUT2D eigenvalue weighted by atomic mass is 16.3. The largest absolute Gasteiger partial charge is 0.393 e. The number of aliphatic hydroxyl groups is 1. The Kier molecular flexibility index (Phi) is 4.07. The Morgan fingerprint density at radius 1 is 1.50 bits per heavy atom. The summed E-state index contributed by atoms with van der Waals surface area (Å²) < 4.78 is 1.86. The van der Waals surface area contributed by atoms with Gasteiger partial charge in [0, 0.05) is 12.5 Å². The monoisotopic (exact) mass is 197 g/mol. The minimum Gasteiger partial charge on any atom is -0.393 e. The molecule has 0 spiro atoms. The Balaban J connectivity index is 2.61. The van der Waals surface area contributed by atoms with Gasteiger partial charge in [-0.1, -0.05) is 13.3 Å². The van der Waals surface area contributed by atoms with Gasteiger partial charge in [0.05, 0.1) is 6.10 Å². The summed E-state index contributed by atoms with van der Waals surface area (Å²) in [6, 6.07) is 0.307. The molecule has 0 aliphatic carbocycles. The predicted octanol–water partition coefficient (Wildman–Crippen LogP) is 1.56. The molecule has 1 unspecified atom stereocenters. The standard InChI is InChI=1S/C10H19N3O/c1-4-5-9(14)6-10-11-7-12-13(10)8(2)3/h7-9,14H,4-6H2,1-3H3. The van der Waals surface area contributed by atoms with Crippen molar-refractivity contribution in [3.05, 3.63) is 12.2 Å². The van der Waals surface area contributed by atoms with Crippen LogP contribution in [0.1, 0.15) is 45.5 Å². The third-order valence-corrected chi connectivity index (χ3v) is 2.18. The van der Waals surface area contributed by atoms with Crippen LogP contribution in [0, 0.1) is 0 Å². The molecular weight excluding hydrogens is 178 g/mol.